The van der Waals surface area contributed by atoms with Crippen LogP contribution in [0.15, 0.2) is 42.5 Å². The molecule has 20 heavy (non-hydrogen) atoms. The Morgan fingerprint density at radius 1 is 0.750 bits per heavy atom. The van der Waals surface area contributed by atoms with Crippen LogP contribution in [0, 0.1) is 24.2 Å². The lowest BCUT2D eigenvalue weighted by Crippen LogP contribution is -1.88. The summed E-state index contributed by atoms with van der Waals surface area (Å²) in [6.07, 6.45) is 5.31. The zero-order chi connectivity index (χ0) is 14.4. The van der Waals surface area contributed by atoms with Gasteiger partial charge < -0.3 is 9.47 Å². The monoisotopic (exact) mass is 262 g/mol. The normalized spacial score (nSPS) is 9.05. The highest BCUT2D eigenvalue weighted by atomic mass is 16.5. The molecule has 0 saturated carbocycles. The smallest absolute Gasteiger partial charge is 0.123 e. The second-order valence-electron chi connectivity index (χ2n) is 4.07. The minimum atomic E-state index is 0.719. The predicted octanol–water partition coefficient (Wildman–Crippen LogP) is 3.08. The van der Waals surface area contributed by atoms with Gasteiger partial charge in [0.2, 0.25) is 0 Å². The van der Waals surface area contributed by atoms with Crippen molar-refractivity contribution in [2.75, 3.05) is 14.2 Å². The summed E-state index contributed by atoms with van der Waals surface area (Å²) in [5, 5.41) is 0. The van der Waals surface area contributed by atoms with Crippen LogP contribution in [-0.2, 0) is 0 Å². The second-order valence-corrected chi connectivity index (χ2v) is 4.07. The highest BCUT2D eigenvalue weighted by Gasteiger charge is 1.99. The van der Waals surface area contributed by atoms with Gasteiger partial charge in [-0.3, -0.25) is 0 Å². The van der Waals surface area contributed by atoms with E-state index in [4.69, 9.17) is 15.9 Å². The van der Waals surface area contributed by atoms with Crippen LogP contribution in [0.2, 0.25) is 0 Å². The van der Waals surface area contributed by atoms with E-state index in [-0.39, 0.29) is 0 Å². The molecule has 2 aromatic carbocycles. The molecule has 0 aliphatic heterocycles. The molecule has 0 fully saturated rings. The van der Waals surface area contributed by atoms with Gasteiger partial charge in [-0.25, -0.2) is 0 Å². The van der Waals surface area contributed by atoms with Gasteiger partial charge in [-0.15, -0.1) is 6.42 Å². The number of hydrogen-bond acceptors (Lipinski definition) is 2. The minimum Gasteiger partial charge on any atom is -0.497 e. The summed E-state index contributed by atoms with van der Waals surface area (Å²) < 4.78 is 10.4. The molecule has 2 nitrogen and oxygen atoms in total. The first-order valence-corrected chi connectivity index (χ1v) is 6.07. The molecule has 0 radical (unpaired) electrons. The Kier molecular flexibility index (Phi) is 4.32. The zero-order valence-electron chi connectivity index (χ0n) is 11.4. The summed E-state index contributed by atoms with van der Waals surface area (Å²) in [5.41, 5.74) is 2.59. The highest BCUT2D eigenvalue weighted by molar-refractivity contribution is 5.50. The SMILES string of the molecule is C#Cc1ccc(C#Cc2cc(OC)cc(OC)c2)cc1. The van der Waals surface area contributed by atoms with Gasteiger partial charge in [0, 0.05) is 22.8 Å². The molecule has 0 heterocycles. The molecule has 98 valence electrons. The Labute approximate surface area is 119 Å². The number of methoxy groups -OCH3 is 2. The molecule has 0 aliphatic carbocycles. The standard InChI is InChI=1S/C18H14O2/c1-4-14-5-7-15(8-6-14)9-10-16-11-17(19-2)13-18(12-16)20-3/h1,5-8,11-13H,2-3H3. The number of rotatable bonds is 2. The fourth-order valence-electron chi connectivity index (χ4n) is 1.67. The van der Waals surface area contributed by atoms with E-state index in [1.807, 2.05) is 42.5 Å². The maximum Gasteiger partial charge on any atom is 0.123 e. The Balaban J connectivity index is 2.29. The number of hydrogen-bond donors (Lipinski definition) is 0. The fourth-order valence-corrected chi connectivity index (χ4v) is 1.67. The van der Waals surface area contributed by atoms with E-state index in [2.05, 4.69) is 17.8 Å². The van der Waals surface area contributed by atoms with Crippen molar-refractivity contribution in [3.05, 3.63) is 59.2 Å². The van der Waals surface area contributed by atoms with E-state index in [9.17, 15) is 0 Å². The summed E-state index contributed by atoms with van der Waals surface area (Å²) in [4.78, 5) is 0. The lowest BCUT2D eigenvalue weighted by molar-refractivity contribution is 0.394. The average molecular weight is 262 g/mol. The first kappa shape index (κ1) is 13.6. The Morgan fingerprint density at radius 2 is 1.25 bits per heavy atom. The predicted molar refractivity (Wildman–Crippen MR) is 79.9 cm³/mol. The number of ether oxygens (including phenoxy) is 2. The molecular formula is C18H14O2. The van der Waals surface area contributed by atoms with Crippen LogP contribution < -0.4 is 9.47 Å². The van der Waals surface area contributed by atoms with E-state index >= 15 is 0 Å². The molecule has 0 saturated heterocycles. The maximum atomic E-state index is 5.31. The zero-order valence-corrected chi connectivity index (χ0v) is 11.4. The van der Waals surface area contributed by atoms with Crippen molar-refractivity contribution in [3.8, 4) is 35.7 Å². The van der Waals surface area contributed by atoms with Crippen molar-refractivity contribution in [2.45, 2.75) is 0 Å². The molecule has 0 aromatic heterocycles. The lowest BCUT2D eigenvalue weighted by atomic mass is 10.1. The van der Waals surface area contributed by atoms with Crippen LogP contribution in [0.25, 0.3) is 0 Å². The number of terminal acetylenes is 1. The molecular weight excluding hydrogens is 248 g/mol. The van der Waals surface area contributed by atoms with Crippen molar-refractivity contribution in [3.63, 3.8) is 0 Å². The van der Waals surface area contributed by atoms with Crippen LogP contribution >= 0.6 is 0 Å². The van der Waals surface area contributed by atoms with Crippen LogP contribution in [0.3, 0.4) is 0 Å². The third kappa shape index (κ3) is 3.34. The third-order valence-corrected chi connectivity index (χ3v) is 2.75. The summed E-state index contributed by atoms with van der Waals surface area (Å²) in [7, 11) is 3.23. The van der Waals surface area contributed by atoms with Gasteiger partial charge in [0.1, 0.15) is 11.5 Å². The molecule has 0 atom stereocenters. The van der Waals surface area contributed by atoms with Gasteiger partial charge in [-0.05, 0) is 36.4 Å². The molecule has 2 rings (SSSR count). The Hall–Kier alpha value is -2.84. The number of benzene rings is 2. The summed E-state index contributed by atoms with van der Waals surface area (Å²) in [6, 6.07) is 13.1. The van der Waals surface area contributed by atoms with Crippen molar-refractivity contribution in [2.24, 2.45) is 0 Å². The highest BCUT2D eigenvalue weighted by Crippen LogP contribution is 2.21. The third-order valence-electron chi connectivity index (χ3n) is 2.75. The van der Waals surface area contributed by atoms with Crippen molar-refractivity contribution in [1.82, 2.24) is 0 Å². The maximum absolute atomic E-state index is 5.31. The second kappa shape index (κ2) is 6.36. The molecule has 0 N–H and O–H groups in total. The molecule has 2 heteroatoms. The van der Waals surface area contributed by atoms with E-state index in [0.717, 1.165) is 28.2 Å². The Morgan fingerprint density at radius 3 is 1.75 bits per heavy atom. The first-order chi connectivity index (χ1) is 9.75. The van der Waals surface area contributed by atoms with E-state index in [1.165, 1.54) is 0 Å². The van der Waals surface area contributed by atoms with Crippen LogP contribution in [-0.4, -0.2) is 14.2 Å². The van der Waals surface area contributed by atoms with Gasteiger partial charge in [-0.1, -0.05) is 17.8 Å². The average Bonchev–Trinajstić information content (AvgIpc) is 2.53. The summed E-state index contributed by atoms with van der Waals surface area (Å²) in [6.45, 7) is 0. The van der Waals surface area contributed by atoms with Gasteiger partial charge in [0.15, 0.2) is 0 Å². The minimum absolute atomic E-state index is 0.719. The Bertz CT molecular complexity index is 673. The van der Waals surface area contributed by atoms with Crippen molar-refractivity contribution >= 4 is 0 Å². The molecule has 0 unspecified atom stereocenters. The van der Waals surface area contributed by atoms with Crippen LogP contribution in [0.4, 0.5) is 0 Å². The topological polar surface area (TPSA) is 18.5 Å². The van der Waals surface area contributed by atoms with Gasteiger partial charge >= 0.3 is 0 Å². The van der Waals surface area contributed by atoms with Gasteiger partial charge in [0.25, 0.3) is 0 Å². The molecule has 0 aliphatic rings. The van der Waals surface area contributed by atoms with Gasteiger partial charge in [0.05, 0.1) is 14.2 Å². The molecule has 0 amide bonds. The van der Waals surface area contributed by atoms with E-state index in [1.54, 1.807) is 14.2 Å². The molecule has 2 aromatic rings. The first-order valence-electron chi connectivity index (χ1n) is 6.07. The van der Waals surface area contributed by atoms with E-state index < -0.39 is 0 Å². The van der Waals surface area contributed by atoms with E-state index in [0.29, 0.717) is 0 Å². The summed E-state index contributed by atoms with van der Waals surface area (Å²) >= 11 is 0. The molecule has 0 bridgehead atoms. The quantitative estimate of drug-likeness (QED) is 0.774. The van der Waals surface area contributed by atoms with Crippen LogP contribution in [0.5, 0.6) is 11.5 Å². The lowest BCUT2D eigenvalue weighted by Gasteiger charge is -2.04. The van der Waals surface area contributed by atoms with Crippen molar-refractivity contribution < 1.29 is 9.47 Å². The summed E-state index contributed by atoms with van der Waals surface area (Å²) in [5.74, 6) is 10.2. The fraction of sp³-hybridized carbons (Fsp3) is 0.111. The largest absolute Gasteiger partial charge is 0.497 e. The van der Waals surface area contributed by atoms with Gasteiger partial charge in [-0.2, -0.15) is 0 Å². The molecule has 0 spiro atoms. The van der Waals surface area contributed by atoms with Crippen molar-refractivity contribution in [1.29, 1.82) is 0 Å². The van der Waals surface area contributed by atoms with Crippen LogP contribution in [0.1, 0.15) is 16.7 Å².